The molecule has 0 radical (unpaired) electrons. The van der Waals surface area contributed by atoms with Crippen LogP contribution in [0.15, 0.2) is 24.3 Å². The molecular weight excluding hydrogens is 321 g/mol. The second-order valence-electron chi connectivity index (χ2n) is 4.46. The molecule has 0 aliphatic rings. The van der Waals surface area contributed by atoms with Gasteiger partial charge in [0.05, 0.1) is 0 Å². The molecule has 2 aromatic carbocycles. The molecule has 0 unspecified atom stereocenters. The molecule has 0 fully saturated rings. The zero-order valence-electron chi connectivity index (χ0n) is 11.7. The lowest BCUT2D eigenvalue weighted by Gasteiger charge is -2.10. The Balaban J connectivity index is 2.20. The van der Waals surface area contributed by atoms with Gasteiger partial charge in [-0.05, 0) is 24.1 Å². The zero-order chi connectivity index (χ0) is 17.1. The number of carbonyl (C=O) groups excluding carboxylic acids is 1. The Morgan fingerprint density at radius 3 is 1.87 bits per heavy atom. The van der Waals surface area contributed by atoms with Gasteiger partial charge < -0.3 is 4.74 Å². The zero-order valence-corrected chi connectivity index (χ0v) is 11.7. The van der Waals surface area contributed by atoms with Crippen molar-refractivity contribution in [2.75, 3.05) is 5.32 Å². The summed E-state index contributed by atoms with van der Waals surface area (Å²) in [5.41, 5.74) is -0.519. The summed E-state index contributed by atoms with van der Waals surface area (Å²) in [4.78, 5) is 11.5. The fraction of sp³-hybridized carbons (Fsp3) is 0.133. The van der Waals surface area contributed by atoms with E-state index in [1.165, 1.54) is 17.4 Å². The lowest BCUT2D eigenvalue weighted by atomic mass is 10.2. The van der Waals surface area contributed by atoms with Gasteiger partial charge in [0.25, 0.3) is 0 Å². The Kier molecular flexibility index (Phi) is 4.83. The van der Waals surface area contributed by atoms with E-state index in [1.807, 2.05) is 6.92 Å². The van der Waals surface area contributed by atoms with Gasteiger partial charge in [-0.15, -0.1) is 0 Å². The predicted molar refractivity (Wildman–Crippen MR) is 71.7 cm³/mol. The predicted octanol–water partition coefficient (Wildman–Crippen LogP) is 4.56. The van der Waals surface area contributed by atoms with Crippen molar-refractivity contribution in [3.8, 4) is 5.75 Å². The molecule has 0 saturated heterocycles. The minimum absolute atomic E-state index is 0.0450. The molecule has 1 amide bonds. The van der Waals surface area contributed by atoms with Crippen LogP contribution in [0, 0.1) is 29.1 Å². The van der Waals surface area contributed by atoms with Gasteiger partial charge in [-0.3, -0.25) is 5.32 Å². The minimum atomic E-state index is -2.31. The van der Waals surface area contributed by atoms with Crippen LogP contribution < -0.4 is 10.1 Å². The largest absolute Gasteiger partial charge is 0.417 e. The van der Waals surface area contributed by atoms with Crippen molar-refractivity contribution in [1.82, 2.24) is 0 Å². The third-order valence-corrected chi connectivity index (χ3v) is 2.98. The van der Waals surface area contributed by atoms with Crippen LogP contribution in [0.25, 0.3) is 0 Å². The lowest BCUT2D eigenvalue weighted by molar-refractivity contribution is 0.214. The molecule has 0 aliphatic carbocycles. The van der Waals surface area contributed by atoms with Crippen LogP contribution in [-0.4, -0.2) is 6.09 Å². The maximum absolute atomic E-state index is 13.4. The first-order chi connectivity index (χ1) is 10.8. The number of hydrogen-bond donors (Lipinski definition) is 1. The van der Waals surface area contributed by atoms with Crippen molar-refractivity contribution in [3.05, 3.63) is 58.9 Å². The number of carbonyl (C=O) groups is 1. The molecule has 122 valence electrons. The van der Waals surface area contributed by atoms with E-state index < -0.39 is 40.9 Å². The van der Waals surface area contributed by atoms with E-state index in [2.05, 4.69) is 0 Å². The number of amides is 1. The van der Waals surface area contributed by atoms with Crippen LogP contribution >= 0.6 is 0 Å². The molecule has 0 spiro atoms. The number of aryl methyl sites for hydroxylation is 1. The molecule has 0 atom stereocenters. The highest BCUT2D eigenvalue weighted by Crippen LogP contribution is 2.27. The molecule has 1 N–H and O–H groups in total. The topological polar surface area (TPSA) is 38.3 Å². The van der Waals surface area contributed by atoms with Crippen molar-refractivity contribution in [3.63, 3.8) is 0 Å². The average Bonchev–Trinajstić information content (AvgIpc) is 2.56. The Hall–Kier alpha value is -2.64. The van der Waals surface area contributed by atoms with Gasteiger partial charge in [0.1, 0.15) is 11.4 Å². The Bertz CT molecular complexity index is 718. The Morgan fingerprint density at radius 2 is 1.39 bits per heavy atom. The molecule has 3 nitrogen and oxygen atoms in total. The van der Waals surface area contributed by atoms with Gasteiger partial charge in [0, 0.05) is 0 Å². The van der Waals surface area contributed by atoms with Crippen LogP contribution in [-0.2, 0) is 6.42 Å². The number of ether oxygens (including phenoxy) is 1. The highest BCUT2D eigenvalue weighted by Gasteiger charge is 2.27. The van der Waals surface area contributed by atoms with Crippen molar-refractivity contribution < 1.29 is 31.5 Å². The van der Waals surface area contributed by atoms with Gasteiger partial charge in [0.15, 0.2) is 23.3 Å². The van der Waals surface area contributed by atoms with E-state index in [0.29, 0.717) is 0 Å². The lowest BCUT2D eigenvalue weighted by Crippen LogP contribution is -2.20. The van der Waals surface area contributed by atoms with Crippen LogP contribution in [0.4, 0.5) is 32.4 Å². The van der Waals surface area contributed by atoms with Crippen molar-refractivity contribution in [2.24, 2.45) is 0 Å². The van der Waals surface area contributed by atoms with Gasteiger partial charge >= 0.3 is 6.09 Å². The summed E-state index contributed by atoms with van der Waals surface area (Å²) in [5, 5.41) is 1.51. The van der Waals surface area contributed by atoms with Gasteiger partial charge in [0.2, 0.25) is 5.82 Å². The second kappa shape index (κ2) is 6.64. The first-order valence-electron chi connectivity index (χ1n) is 6.44. The monoisotopic (exact) mass is 331 g/mol. The number of nitrogens with one attached hydrogen (secondary N) is 1. The number of benzene rings is 2. The van der Waals surface area contributed by atoms with Crippen LogP contribution in [0.2, 0.25) is 0 Å². The molecule has 0 aromatic heterocycles. The fourth-order valence-electron chi connectivity index (χ4n) is 1.74. The summed E-state index contributed by atoms with van der Waals surface area (Å²) in [6, 6.07) is 6.16. The van der Waals surface area contributed by atoms with Crippen molar-refractivity contribution >= 4 is 11.8 Å². The van der Waals surface area contributed by atoms with Gasteiger partial charge in [-0.25, -0.2) is 26.7 Å². The highest BCUT2D eigenvalue weighted by molar-refractivity contribution is 5.86. The van der Waals surface area contributed by atoms with Crippen LogP contribution in [0.3, 0.4) is 0 Å². The summed E-state index contributed by atoms with van der Waals surface area (Å²) >= 11 is 0. The normalized spacial score (nSPS) is 10.5. The van der Waals surface area contributed by atoms with Crippen molar-refractivity contribution in [1.29, 1.82) is 0 Å². The highest BCUT2D eigenvalue weighted by atomic mass is 19.2. The summed E-state index contributed by atoms with van der Waals surface area (Å²) in [6.45, 7) is 1.91. The molecule has 0 heterocycles. The Labute approximate surface area is 127 Å². The standard InChI is InChI=1S/C15H10F5NO2/c1-2-7-3-5-8(6-4-7)23-15(22)21-14-12(19)10(17)9(16)11(18)13(14)20/h3-6H,2H2,1H3,(H,21,22). The fourth-order valence-corrected chi connectivity index (χ4v) is 1.74. The van der Waals surface area contributed by atoms with E-state index in [4.69, 9.17) is 4.74 Å². The molecule has 2 aromatic rings. The van der Waals surface area contributed by atoms with Gasteiger partial charge in [-0.2, -0.15) is 0 Å². The molecule has 0 aliphatic heterocycles. The number of anilines is 1. The quantitative estimate of drug-likeness (QED) is 0.509. The molecule has 23 heavy (non-hydrogen) atoms. The molecule has 0 saturated carbocycles. The second-order valence-corrected chi connectivity index (χ2v) is 4.46. The van der Waals surface area contributed by atoms with E-state index in [1.54, 1.807) is 12.1 Å². The summed E-state index contributed by atoms with van der Waals surface area (Å²) in [7, 11) is 0. The van der Waals surface area contributed by atoms with E-state index in [0.717, 1.165) is 12.0 Å². The summed E-state index contributed by atoms with van der Waals surface area (Å²) < 4.78 is 70.4. The van der Waals surface area contributed by atoms with Crippen molar-refractivity contribution in [2.45, 2.75) is 13.3 Å². The minimum Gasteiger partial charge on any atom is -0.410 e. The maximum Gasteiger partial charge on any atom is 0.417 e. The SMILES string of the molecule is CCc1ccc(OC(=O)Nc2c(F)c(F)c(F)c(F)c2F)cc1. The maximum atomic E-state index is 13.4. The number of halogens is 5. The third-order valence-electron chi connectivity index (χ3n) is 2.98. The molecule has 0 bridgehead atoms. The number of hydrogen-bond acceptors (Lipinski definition) is 2. The first kappa shape index (κ1) is 16.7. The number of rotatable bonds is 3. The average molecular weight is 331 g/mol. The third kappa shape index (κ3) is 3.41. The van der Waals surface area contributed by atoms with E-state index >= 15 is 0 Å². The van der Waals surface area contributed by atoms with E-state index in [-0.39, 0.29) is 5.75 Å². The summed E-state index contributed by atoms with van der Waals surface area (Å²) in [6.07, 6.45) is -0.644. The summed E-state index contributed by atoms with van der Waals surface area (Å²) in [5.74, 6) is -10.9. The van der Waals surface area contributed by atoms with Crippen LogP contribution in [0.5, 0.6) is 5.75 Å². The van der Waals surface area contributed by atoms with E-state index in [9.17, 15) is 26.7 Å². The van der Waals surface area contributed by atoms with Crippen LogP contribution in [0.1, 0.15) is 12.5 Å². The molecular formula is C15H10F5NO2. The smallest absolute Gasteiger partial charge is 0.410 e. The molecule has 2 rings (SSSR count). The van der Waals surface area contributed by atoms with Gasteiger partial charge in [-0.1, -0.05) is 19.1 Å². The Morgan fingerprint density at radius 1 is 0.913 bits per heavy atom. The first-order valence-corrected chi connectivity index (χ1v) is 6.44. The molecule has 8 heteroatoms.